The minimum atomic E-state index is -0.175. The normalized spacial score (nSPS) is 19.5. The van der Waals surface area contributed by atoms with E-state index >= 15 is 0 Å². The summed E-state index contributed by atoms with van der Waals surface area (Å²) in [5.41, 5.74) is 4.37. The number of carbonyl (C=O) groups is 2. The smallest absolute Gasteiger partial charge is 0.251 e. The summed E-state index contributed by atoms with van der Waals surface area (Å²) < 4.78 is 16.9. The molecule has 2 aliphatic rings. The van der Waals surface area contributed by atoms with Crippen LogP contribution in [0, 0.1) is 5.92 Å². The van der Waals surface area contributed by atoms with Gasteiger partial charge in [-0.3, -0.25) is 14.5 Å². The number of aromatic nitrogens is 2. The Hall–Kier alpha value is -1.96. The highest BCUT2D eigenvalue weighted by Gasteiger charge is 2.27. The van der Waals surface area contributed by atoms with Gasteiger partial charge in [0.1, 0.15) is 0 Å². The Labute approximate surface area is 289 Å². The number of nitrogens with zero attached hydrogens (tertiary/aromatic N) is 3. The number of thioether (sulfide) groups is 2. The van der Waals surface area contributed by atoms with E-state index < -0.39 is 0 Å². The summed E-state index contributed by atoms with van der Waals surface area (Å²) >= 11 is 4.13. The maximum atomic E-state index is 12.9. The molecule has 0 radical (unpaired) electrons. The van der Waals surface area contributed by atoms with Crippen LogP contribution >= 0.6 is 23.5 Å². The van der Waals surface area contributed by atoms with Crippen molar-refractivity contribution in [2.75, 3.05) is 66.8 Å². The summed E-state index contributed by atoms with van der Waals surface area (Å²) in [5.74, 6) is 1.90. The van der Waals surface area contributed by atoms with Crippen LogP contribution in [0.15, 0.2) is 18.2 Å². The van der Waals surface area contributed by atoms with Crippen molar-refractivity contribution in [1.29, 1.82) is 0 Å². The van der Waals surface area contributed by atoms with Gasteiger partial charge >= 0.3 is 0 Å². The Morgan fingerprint density at radius 2 is 1.43 bits per heavy atom. The predicted molar refractivity (Wildman–Crippen MR) is 192 cm³/mol. The fraction of sp³-hybridized carbons (Fsp3) is 0.714. The number of rotatable bonds is 16. The van der Waals surface area contributed by atoms with E-state index in [1.165, 1.54) is 44.9 Å². The van der Waals surface area contributed by atoms with Crippen molar-refractivity contribution in [3.8, 4) is 0 Å². The maximum Gasteiger partial charge on any atom is 0.251 e. The second kappa shape index (κ2) is 20.5. The van der Waals surface area contributed by atoms with Gasteiger partial charge < -0.3 is 24.8 Å². The Morgan fingerprint density at radius 3 is 2.04 bits per heavy atom. The quantitative estimate of drug-likeness (QED) is 0.232. The molecule has 47 heavy (non-hydrogen) atoms. The average molecular weight is 690 g/mol. The minimum absolute atomic E-state index is 0.0218. The van der Waals surface area contributed by atoms with Crippen LogP contribution in [0.2, 0.25) is 0 Å². The molecule has 2 aromatic rings. The van der Waals surface area contributed by atoms with E-state index in [9.17, 15) is 9.59 Å². The van der Waals surface area contributed by atoms with E-state index in [0.29, 0.717) is 68.8 Å². The first-order valence-electron chi connectivity index (χ1n) is 17.3. The third kappa shape index (κ3) is 12.1. The number of hydrogen-bond acceptors (Lipinski definition) is 10. The van der Waals surface area contributed by atoms with E-state index in [-0.39, 0.29) is 23.8 Å². The van der Waals surface area contributed by atoms with Gasteiger partial charge in [0.05, 0.1) is 68.1 Å². The third-order valence-electron chi connectivity index (χ3n) is 8.83. The van der Waals surface area contributed by atoms with Gasteiger partial charge in [-0.25, -0.2) is 9.97 Å². The fourth-order valence-corrected chi connectivity index (χ4v) is 9.28. The molecule has 2 heterocycles. The zero-order valence-electron chi connectivity index (χ0n) is 28.8. The Kier molecular flexibility index (Phi) is 16.5. The minimum Gasteiger partial charge on any atom is -0.378 e. The molecule has 0 bridgehead atoms. The summed E-state index contributed by atoms with van der Waals surface area (Å²) in [6.45, 7) is 7.93. The number of amides is 2. The van der Waals surface area contributed by atoms with Crippen molar-refractivity contribution in [3.05, 3.63) is 35.2 Å². The first-order valence-corrected chi connectivity index (χ1v) is 19.4. The number of fused-ring (bicyclic) bond motifs is 3. The Bertz CT molecular complexity index is 1270. The van der Waals surface area contributed by atoms with Crippen LogP contribution in [0.5, 0.6) is 0 Å². The molecule has 1 aromatic heterocycles. The van der Waals surface area contributed by atoms with E-state index in [4.69, 9.17) is 24.2 Å². The number of benzene rings is 1. The lowest BCUT2D eigenvalue weighted by Gasteiger charge is -2.29. The van der Waals surface area contributed by atoms with E-state index in [0.717, 1.165) is 33.9 Å². The number of hydrogen-bond donors (Lipinski definition) is 2. The molecule has 2 amide bonds. The zero-order chi connectivity index (χ0) is 33.4. The monoisotopic (exact) mass is 689 g/mol. The predicted octanol–water partition coefficient (Wildman–Crippen LogP) is 5.07. The first-order chi connectivity index (χ1) is 22.9. The maximum absolute atomic E-state index is 12.9. The topological polar surface area (TPSA) is 115 Å². The second-order valence-corrected chi connectivity index (χ2v) is 15.2. The van der Waals surface area contributed by atoms with Gasteiger partial charge in [-0.1, -0.05) is 46.0 Å². The highest BCUT2D eigenvalue weighted by molar-refractivity contribution is 8.03. The fourth-order valence-electron chi connectivity index (χ4n) is 6.23. The van der Waals surface area contributed by atoms with Crippen LogP contribution in [0.3, 0.4) is 0 Å². The van der Waals surface area contributed by atoms with E-state index in [1.807, 2.05) is 44.0 Å². The van der Waals surface area contributed by atoms with Gasteiger partial charge in [0.25, 0.3) is 5.91 Å². The largest absolute Gasteiger partial charge is 0.378 e. The summed E-state index contributed by atoms with van der Waals surface area (Å²) in [6, 6.07) is 5.43. The SMILES string of the molecule is CNC(=O)C(C(C)C)N(C)CCOCCOCCOCCNC(=O)c1ccc2nc3c(nc2c1)CSC1CCCCCCCC1SC3. The molecule has 1 aromatic carbocycles. The van der Waals surface area contributed by atoms with Crippen LogP contribution in [-0.4, -0.2) is 110 Å². The van der Waals surface area contributed by atoms with Crippen molar-refractivity contribution in [1.82, 2.24) is 25.5 Å². The van der Waals surface area contributed by atoms with Gasteiger partial charge in [-0.05, 0) is 44.0 Å². The van der Waals surface area contributed by atoms with Crippen molar-refractivity contribution >= 4 is 46.4 Å². The summed E-state index contributed by atoms with van der Waals surface area (Å²) in [5, 5.41) is 7.06. The number of nitrogens with one attached hydrogen (secondary N) is 2. The molecule has 1 fully saturated rings. The molecular weight excluding hydrogens is 635 g/mol. The first kappa shape index (κ1) is 37.9. The summed E-state index contributed by atoms with van der Waals surface area (Å²) in [7, 11) is 3.60. The van der Waals surface area contributed by atoms with E-state index in [2.05, 4.69) is 34.2 Å². The molecule has 4 rings (SSSR count). The highest BCUT2D eigenvalue weighted by Crippen LogP contribution is 2.39. The number of carbonyl (C=O) groups excluding carboxylic acids is 2. The van der Waals surface area contributed by atoms with Crippen molar-refractivity contribution in [2.45, 2.75) is 86.8 Å². The standard InChI is InChI=1S/C35H55N5O5S2/c1-25(2)33(35(42)36-3)40(4)15-17-44-19-21-45-20-18-43-16-14-37-34(41)26-12-13-27-28(22-26)39-30-24-47-32-11-9-7-5-6-8-10-31(32)46-23-29(30)38-27/h12-13,22,25,31-33H,5-11,14-21,23-24H2,1-4H3,(H,36,42)(H,37,41). The zero-order valence-corrected chi connectivity index (χ0v) is 30.4. The van der Waals surface area contributed by atoms with Gasteiger partial charge in [0.2, 0.25) is 5.91 Å². The number of likely N-dealkylation sites (N-methyl/N-ethyl adjacent to an activating group) is 2. The van der Waals surface area contributed by atoms with Crippen molar-refractivity contribution in [2.24, 2.45) is 5.92 Å². The van der Waals surface area contributed by atoms with Gasteiger partial charge in [-0.2, -0.15) is 23.5 Å². The molecule has 0 spiro atoms. The van der Waals surface area contributed by atoms with Crippen LogP contribution in [0.1, 0.15) is 80.5 Å². The molecule has 0 saturated heterocycles. The van der Waals surface area contributed by atoms with Gasteiger partial charge in [-0.15, -0.1) is 0 Å². The van der Waals surface area contributed by atoms with Crippen LogP contribution in [0.4, 0.5) is 0 Å². The number of ether oxygens (including phenoxy) is 3. The van der Waals surface area contributed by atoms with Gasteiger partial charge in [0, 0.05) is 47.7 Å². The third-order valence-corrected chi connectivity index (χ3v) is 11.9. The lowest BCUT2D eigenvalue weighted by Crippen LogP contribution is -2.48. The van der Waals surface area contributed by atoms with Crippen molar-refractivity contribution in [3.63, 3.8) is 0 Å². The lowest BCUT2D eigenvalue weighted by molar-refractivity contribution is -0.127. The molecule has 1 aliphatic heterocycles. The second-order valence-electron chi connectivity index (χ2n) is 12.7. The van der Waals surface area contributed by atoms with Gasteiger partial charge in [0.15, 0.2) is 0 Å². The van der Waals surface area contributed by atoms with Crippen LogP contribution in [-0.2, 0) is 30.5 Å². The van der Waals surface area contributed by atoms with Crippen LogP contribution in [0.25, 0.3) is 11.0 Å². The highest BCUT2D eigenvalue weighted by atomic mass is 32.2. The van der Waals surface area contributed by atoms with Crippen LogP contribution < -0.4 is 10.6 Å². The molecule has 2 N–H and O–H groups in total. The average Bonchev–Trinajstić information content (AvgIpc) is 3.16. The molecule has 1 saturated carbocycles. The molecule has 1 aliphatic carbocycles. The summed E-state index contributed by atoms with van der Waals surface area (Å²) in [4.78, 5) is 37.0. The molecular formula is C35H55N5O5S2. The molecule has 3 unspecified atom stereocenters. The molecule has 10 nitrogen and oxygen atoms in total. The van der Waals surface area contributed by atoms with E-state index in [1.54, 1.807) is 7.05 Å². The molecule has 3 atom stereocenters. The van der Waals surface area contributed by atoms with Crippen molar-refractivity contribution < 1.29 is 23.8 Å². The Balaban J connectivity index is 1.11. The molecule has 262 valence electrons. The summed E-state index contributed by atoms with van der Waals surface area (Å²) in [6.07, 6.45) is 9.39. The lowest BCUT2D eigenvalue weighted by atomic mass is 10.0. The molecule has 12 heteroatoms. The Morgan fingerprint density at radius 1 is 0.851 bits per heavy atom.